The Kier molecular flexibility index (Phi) is 2.72. The van der Waals surface area contributed by atoms with E-state index in [0.29, 0.717) is 6.54 Å². The first kappa shape index (κ1) is 9.52. The third kappa shape index (κ3) is 2.07. The van der Waals surface area contributed by atoms with Crippen molar-refractivity contribution >= 4 is 22.0 Å². The van der Waals surface area contributed by atoms with Gasteiger partial charge in [0.15, 0.2) is 0 Å². The van der Waals surface area contributed by atoms with E-state index >= 15 is 0 Å². The molecule has 1 amide bonds. The Bertz CT molecular complexity index is 354. The number of cyclic esters (lactones) is 1. The molecule has 1 saturated heterocycles. The van der Waals surface area contributed by atoms with Crippen molar-refractivity contribution in [3.63, 3.8) is 0 Å². The van der Waals surface area contributed by atoms with Crippen LogP contribution in [-0.4, -0.2) is 12.6 Å². The highest BCUT2D eigenvalue weighted by Crippen LogP contribution is 2.25. The molecule has 1 N–H and O–H groups in total. The van der Waals surface area contributed by atoms with Crippen LogP contribution in [-0.2, 0) is 4.74 Å². The van der Waals surface area contributed by atoms with Crippen molar-refractivity contribution in [2.45, 2.75) is 12.5 Å². The highest BCUT2D eigenvalue weighted by molar-refractivity contribution is 9.10. The van der Waals surface area contributed by atoms with Gasteiger partial charge < -0.3 is 10.1 Å². The van der Waals surface area contributed by atoms with Crippen LogP contribution >= 0.6 is 15.9 Å². The summed E-state index contributed by atoms with van der Waals surface area (Å²) in [6, 6.07) is 7.83. The van der Waals surface area contributed by atoms with E-state index in [1.807, 2.05) is 24.3 Å². The first-order valence-corrected chi connectivity index (χ1v) is 5.25. The van der Waals surface area contributed by atoms with Crippen molar-refractivity contribution in [1.29, 1.82) is 0 Å². The zero-order valence-corrected chi connectivity index (χ0v) is 9.08. The molecule has 0 aromatic heterocycles. The Labute approximate surface area is 90.6 Å². The van der Waals surface area contributed by atoms with E-state index in [1.54, 1.807) is 0 Å². The van der Waals surface area contributed by atoms with Crippen molar-refractivity contribution in [1.82, 2.24) is 5.32 Å². The van der Waals surface area contributed by atoms with E-state index < -0.39 is 0 Å². The second kappa shape index (κ2) is 4.00. The average molecular weight is 256 g/mol. The number of carbonyl (C=O) groups excluding carboxylic acids is 1. The van der Waals surface area contributed by atoms with Gasteiger partial charge in [0.1, 0.15) is 6.10 Å². The summed E-state index contributed by atoms with van der Waals surface area (Å²) in [5.74, 6) is 0. The number of halogens is 1. The van der Waals surface area contributed by atoms with Gasteiger partial charge in [-0.05, 0) is 17.7 Å². The van der Waals surface area contributed by atoms with Crippen molar-refractivity contribution < 1.29 is 9.53 Å². The zero-order valence-electron chi connectivity index (χ0n) is 7.50. The van der Waals surface area contributed by atoms with E-state index in [2.05, 4.69) is 21.2 Å². The predicted molar refractivity (Wildman–Crippen MR) is 56.0 cm³/mol. The molecule has 1 aliphatic rings. The summed E-state index contributed by atoms with van der Waals surface area (Å²) >= 11 is 3.39. The van der Waals surface area contributed by atoms with Gasteiger partial charge >= 0.3 is 6.09 Å². The van der Waals surface area contributed by atoms with Gasteiger partial charge in [-0.15, -0.1) is 0 Å². The maximum atomic E-state index is 11.0. The second-order valence-electron chi connectivity index (χ2n) is 3.16. The van der Waals surface area contributed by atoms with Gasteiger partial charge in [-0.1, -0.05) is 28.1 Å². The summed E-state index contributed by atoms with van der Waals surface area (Å²) in [6.45, 7) is 0.677. The minimum absolute atomic E-state index is 0.110. The highest BCUT2D eigenvalue weighted by atomic mass is 79.9. The van der Waals surface area contributed by atoms with Crippen LogP contribution < -0.4 is 5.32 Å². The molecule has 0 spiro atoms. The van der Waals surface area contributed by atoms with Gasteiger partial charge in [-0.3, -0.25) is 0 Å². The molecule has 1 aromatic rings. The smallest absolute Gasteiger partial charge is 0.407 e. The number of alkyl carbamates (subject to hydrolysis) is 1. The molecule has 0 aliphatic carbocycles. The molecular formula is C10H10BrNO2. The number of hydrogen-bond acceptors (Lipinski definition) is 2. The van der Waals surface area contributed by atoms with Crippen molar-refractivity contribution in [3.8, 4) is 0 Å². The largest absolute Gasteiger partial charge is 0.441 e. The van der Waals surface area contributed by atoms with E-state index in [4.69, 9.17) is 4.74 Å². The van der Waals surface area contributed by atoms with Crippen LogP contribution in [0, 0.1) is 0 Å². The molecule has 1 atom stereocenters. The van der Waals surface area contributed by atoms with Gasteiger partial charge in [-0.2, -0.15) is 0 Å². The number of nitrogens with one attached hydrogen (secondary N) is 1. The standard InChI is InChI=1S/C10H10BrNO2/c11-8-3-1-2-7(6-8)9-4-5-12-10(13)14-9/h1-3,6,9H,4-5H2,(H,12,13). The van der Waals surface area contributed by atoms with Crippen LogP contribution in [0.15, 0.2) is 28.7 Å². The topological polar surface area (TPSA) is 38.3 Å². The fourth-order valence-corrected chi connectivity index (χ4v) is 1.89. The van der Waals surface area contributed by atoms with Crippen LogP contribution in [0.4, 0.5) is 4.79 Å². The summed E-state index contributed by atoms with van der Waals surface area (Å²) in [4.78, 5) is 11.0. The molecule has 2 rings (SSSR count). The van der Waals surface area contributed by atoms with Gasteiger partial charge in [0.2, 0.25) is 0 Å². The average Bonchev–Trinajstić information content (AvgIpc) is 2.18. The number of benzene rings is 1. The summed E-state index contributed by atoms with van der Waals surface area (Å²) in [7, 11) is 0. The summed E-state index contributed by atoms with van der Waals surface area (Å²) in [5.41, 5.74) is 1.04. The van der Waals surface area contributed by atoms with Crippen LogP contribution in [0.1, 0.15) is 18.1 Å². The van der Waals surface area contributed by atoms with Crippen LogP contribution in [0.2, 0.25) is 0 Å². The molecule has 1 aliphatic heterocycles. The molecule has 0 radical (unpaired) electrons. The summed E-state index contributed by atoms with van der Waals surface area (Å²) in [6.07, 6.45) is 0.379. The lowest BCUT2D eigenvalue weighted by molar-refractivity contribution is 0.0738. The molecule has 3 nitrogen and oxygen atoms in total. The summed E-state index contributed by atoms with van der Waals surface area (Å²) < 4.78 is 6.16. The lowest BCUT2D eigenvalue weighted by Crippen LogP contribution is -2.33. The molecule has 0 bridgehead atoms. The Hall–Kier alpha value is -1.03. The van der Waals surface area contributed by atoms with E-state index in [0.717, 1.165) is 16.5 Å². The Balaban J connectivity index is 2.17. The molecule has 14 heavy (non-hydrogen) atoms. The third-order valence-electron chi connectivity index (χ3n) is 2.15. The highest BCUT2D eigenvalue weighted by Gasteiger charge is 2.21. The molecule has 1 unspecified atom stereocenters. The predicted octanol–water partition coefficient (Wildman–Crippen LogP) is 2.62. The van der Waals surface area contributed by atoms with Gasteiger partial charge in [0.25, 0.3) is 0 Å². The molecular weight excluding hydrogens is 246 g/mol. The Morgan fingerprint density at radius 1 is 1.50 bits per heavy atom. The fourth-order valence-electron chi connectivity index (χ4n) is 1.48. The zero-order chi connectivity index (χ0) is 9.97. The Morgan fingerprint density at radius 2 is 2.36 bits per heavy atom. The number of hydrogen-bond donors (Lipinski definition) is 1. The first-order chi connectivity index (χ1) is 6.75. The number of carbonyl (C=O) groups is 1. The first-order valence-electron chi connectivity index (χ1n) is 4.45. The van der Waals surface area contributed by atoms with E-state index in [9.17, 15) is 4.79 Å². The Morgan fingerprint density at radius 3 is 3.07 bits per heavy atom. The van der Waals surface area contributed by atoms with Gasteiger partial charge in [0, 0.05) is 17.4 Å². The maximum absolute atomic E-state index is 11.0. The van der Waals surface area contributed by atoms with Crippen molar-refractivity contribution in [2.24, 2.45) is 0 Å². The molecule has 0 saturated carbocycles. The van der Waals surface area contributed by atoms with E-state index in [1.165, 1.54) is 0 Å². The third-order valence-corrected chi connectivity index (χ3v) is 2.64. The van der Waals surface area contributed by atoms with Crippen molar-refractivity contribution in [3.05, 3.63) is 34.3 Å². The SMILES string of the molecule is O=C1NCCC(c2cccc(Br)c2)O1. The maximum Gasteiger partial charge on any atom is 0.407 e. The number of rotatable bonds is 1. The van der Waals surface area contributed by atoms with Crippen LogP contribution in [0.5, 0.6) is 0 Å². The lowest BCUT2D eigenvalue weighted by Gasteiger charge is -2.23. The quantitative estimate of drug-likeness (QED) is 0.838. The molecule has 4 heteroatoms. The summed E-state index contributed by atoms with van der Waals surface area (Å²) in [5, 5.41) is 2.62. The molecule has 74 valence electrons. The van der Waals surface area contributed by atoms with Crippen molar-refractivity contribution in [2.75, 3.05) is 6.54 Å². The molecule has 1 aromatic carbocycles. The molecule has 1 heterocycles. The van der Waals surface area contributed by atoms with Gasteiger partial charge in [0.05, 0.1) is 0 Å². The van der Waals surface area contributed by atoms with Crippen LogP contribution in [0.25, 0.3) is 0 Å². The number of amides is 1. The molecule has 1 fully saturated rings. The minimum Gasteiger partial charge on any atom is -0.441 e. The van der Waals surface area contributed by atoms with E-state index in [-0.39, 0.29) is 12.2 Å². The number of ether oxygens (including phenoxy) is 1. The minimum atomic E-state index is -0.332. The van der Waals surface area contributed by atoms with Crippen LogP contribution in [0.3, 0.4) is 0 Å². The lowest BCUT2D eigenvalue weighted by atomic mass is 10.1. The normalized spacial score (nSPS) is 21.2. The van der Waals surface area contributed by atoms with Gasteiger partial charge in [-0.25, -0.2) is 4.79 Å². The second-order valence-corrected chi connectivity index (χ2v) is 4.08. The fraction of sp³-hybridized carbons (Fsp3) is 0.300. The monoisotopic (exact) mass is 255 g/mol.